The number of hydrogen-bond acceptors (Lipinski definition) is 3. The van der Waals surface area contributed by atoms with Crippen LogP contribution in [0.2, 0.25) is 0 Å². The number of unbranched alkanes of at least 4 members (excludes halogenated alkanes) is 8. The highest BCUT2D eigenvalue weighted by atomic mass is 16.5. The van der Waals surface area contributed by atoms with Gasteiger partial charge in [-0.05, 0) is 66.1 Å². The van der Waals surface area contributed by atoms with E-state index in [2.05, 4.69) is 75.9 Å². The molecule has 2 unspecified atom stereocenters. The van der Waals surface area contributed by atoms with Crippen molar-refractivity contribution in [2.24, 2.45) is 0 Å². The summed E-state index contributed by atoms with van der Waals surface area (Å²) in [6.07, 6.45) is 14.4. The summed E-state index contributed by atoms with van der Waals surface area (Å²) >= 11 is 0. The molecule has 36 heavy (non-hydrogen) atoms. The summed E-state index contributed by atoms with van der Waals surface area (Å²) in [6.45, 7) is 11.5. The van der Waals surface area contributed by atoms with Crippen molar-refractivity contribution in [2.75, 3.05) is 19.1 Å². The fourth-order valence-electron chi connectivity index (χ4n) is 5.81. The number of fused-ring (bicyclic) bond motifs is 1. The zero-order chi connectivity index (χ0) is 26.1. The summed E-state index contributed by atoms with van der Waals surface area (Å²) in [4.78, 5) is 2.67. The van der Waals surface area contributed by atoms with E-state index in [0.29, 0.717) is 12.1 Å². The van der Waals surface area contributed by atoms with Gasteiger partial charge in [0.15, 0.2) is 11.5 Å². The van der Waals surface area contributed by atoms with Crippen LogP contribution in [0.25, 0.3) is 0 Å². The van der Waals surface area contributed by atoms with E-state index in [1.54, 1.807) is 14.2 Å². The topological polar surface area (TPSA) is 21.7 Å². The molecule has 0 aliphatic carbocycles. The Morgan fingerprint density at radius 2 is 1.36 bits per heavy atom. The number of benzene rings is 2. The van der Waals surface area contributed by atoms with Gasteiger partial charge in [-0.2, -0.15) is 0 Å². The largest absolute Gasteiger partial charge is 0.493 e. The van der Waals surface area contributed by atoms with Gasteiger partial charge in [-0.3, -0.25) is 0 Å². The minimum absolute atomic E-state index is 0.165. The molecule has 0 fully saturated rings. The van der Waals surface area contributed by atoms with Gasteiger partial charge < -0.3 is 14.4 Å². The lowest BCUT2D eigenvalue weighted by molar-refractivity contribution is 0.351. The third-order valence-electron chi connectivity index (χ3n) is 7.94. The van der Waals surface area contributed by atoms with E-state index in [0.717, 1.165) is 17.9 Å². The summed E-state index contributed by atoms with van der Waals surface area (Å²) < 4.78 is 11.4. The van der Waals surface area contributed by atoms with Gasteiger partial charge in [0.25, 0.3) is 0 Å². The fraction of sp³-hybridized carbons (Fsp3) is 0.636. The molecule has 3 nitrogen and oxygen atoms in total. The first-order valence-corrected chi connectivity index (χ1v) is 14.4. The maximum Gasteiger partial charge on any atom is 0.161 e. The molecule has 3 heteroatoms. The van der Waals surface area contributed by atoms with Crippen LogP contribution in [-0.4, -0.2) is 20.3 Å². The van der Waals surface area contributed by atoms with Crippen molar-refractivity contribution in [3.05, 3.63) is 53.1 Å². The average Bonchev–Trinajstić information content (AvgIpc) is 2.86. The standard InChI is InChI=1S/C33H51NO2/c1-8-9-10-11-12-13-14-15-16-17-30-29-24-32(36-7)31(35-6)23-26(29)22-25(2)34(30)28-20-18-27(19-21-28)33(3,4)5/h18-21,23-25,30H,8-17,22H2,1-7H3. The first kappa shape index (κ1) is 28.4. The van der Waals surface area contributed by atoms with Crippen molar-refractivity contribution in [3.63, 3.8) is 0 Å². The zero-order valence-corrected chi connectivity index (χ0v) is 24.2. The predicted molar refractivity (Wildman–Crippen MR) is 155 cm³/mol. The highest BCUT2D eigenvalue weighted by Crippen LogP contribution is 2.44. The Kier molecular flexibility index (Phi) is 10.6. The molecule has 0 bridgehead atoms. The van der Waals surface area contributed by atoms with Gasteiger partial charge in [0.2, 0.25) is 0 Å². The molecule has 2 aromatic carbocycles. The molecule has 0 radical (unpaired) electrons. The number of methoxy groups -OCH3 is 2. The highest BCUT2D eigenvalue weighted by Gasteiger charge is 2.33. The molecule has 2 atom stereocenters. The maximum atomic E-state index is 5.73. The lowest BCUT2D eigenvalue weighted by Gasteiger charge is -2.44. The Morgan fingerprint density at radius 1 is 0.806 bits per heavy atom. The summed E-state index contributed by atoms with van der Waals surface area (Å²) in [7, 11) is 3.48. The molecule has 1 aliphatic rings. The predicted octanol–water partition coefficient (Wildman–Crippen LogP) is 9.41. The molecule has 0 N–H and O–H groups in total. The van der Waals surface area contributed by atoms with Crippen LogP contribution >= 0.6 is 0 Å². The second kappa shape index (κ2) is 13.4. The van der Waals surface area contributed by atoms with Crippen molar-refractivity contribution in [1.29, 1.82) is 0 Å². The van der Waals surface area contributed by atoms with Crippen molar-refractivity contribution >= 4 is 5.69 Å². The Balaban J connectivity index is 1.79. The minimum Gasteiger partial charge on any atom is -0.493 e. The smallest absolute Gasteiger partial charge is 0.161 e. The van der Waals surface area contributed by atoms with Crippen molar-refractivity contribution in [3.8, 4) is 11.5 Å². The third kappa shape index (κ3) is 7.20. The molecule has 1 aliphatic heterocycles. The van der Waals surface area contributed by atoms with Crippen molar-refractivity contribution in [2.45, 2.75) is 123 Å². The molecule has 0 saturated carbocycles. The summed E-state index contributed by atoms with van der Waals surface area (Å²) in [5.74, 6) is 1.68. The van der Waals surface area contributed by atoms with Gasteiger partial charge in [-0.25, -0.2) is 0 Å². The number of hydrogen-bond donors (Lipinski definition) is 0. The van der Waals surface area contributed by atoms with Crippen molar-refractivity contribution in [1.82, 2.24) is 0 Å². The summed E-state index contributed by atoms with van der Waals surface area (Å²) in [6, 6.07) is 14.6. The van der Waals surface area contributed by atoms with E-state index >= 15 is 0 Å². The van der Waals surface area contributed by atoms with Crippen LogP contribution in [0.5, 0.6) is 11.5 Å². The lowest BCUT2D eigenvalue weighted by Crippen LogP contribution is -2.42. The van der Waals surface area contributed by atoms with Crippen LogP contribution < -0.4 is 14.4 Å². The minimum atomic E-state index is 0.165. The second-order valence-corrected chi connectivity index (χ2v) is 11.8. The molecule has 2 aromatic rings. The molecular formula is C33H51NO2. The van der Waals surface area contributed by atoms with Gasteiger partial charge >= 0.3 is 0 Å². The van der Waals surface area contributed by atoms with E-state index in [1.807, 2.05) is 0 Å². The Hall–Kier alpha value is -2.16. The number of rotatable bonds is 13. The van der Waals surface area contributed by atoms with Crippen LogP contribution in [0.1, 0.15) is 122 Å². The van der Waals surface area contributed by atoms with Gasteiger partial charge in [0, 0.05) is 11.7 Å². The fourth-order valence-corrected chi connectivity index (χ4v) is 5.81. The lowest BCUT2D eigenvalue weighted by atomic mass is 9.84. The quantitative estimate of drug-likeness (QED) is 0.259. The number of ether oxygens (including phenoxy) is 2. The monoisotopic (exact) mass is 493 g/mol. The van der Waals surface area contributed by atoms with Gasteiger partial charge in [-0.1, -0.05) is 97.6 Å². The van der Waals surface area contributed by atoms with Gasteiger partial charge in [0.05, 0.1) is 20.3 Å². The van der Waals surface area contributed by atoms with Crippen molar-refractivity contribution < 1.29 is 9.47 Å². The molecule has 1 heterocycles. The first-order chi connectivity index (χ1) is 17.3. The average molecular weight is 494 g/mol. The van der Waals surface area contributed by atoms with E-state index in [1.165, 1.54) is 86.6 Å². The van der Waals surface area contributed by atoms with Gasteiger partial charge in [-0.15, -0.1) is 0 Å². The van der Waals surface area contributed by atoms with Crippen LogP contribution in [-0.2, 0) is 11.8 Å². The Labute approximate surface area is 221 Å². The zero-order valence-electron chi connectivity index (χ0n) is 24.2. The van der Waals surface area contributed by atoms with E-state index < -0.39 is 0 Å². The third-order valence-corrected chi connectivity index (χ3v) is 7.94. The summed E-state index contributed by atoms with van der Waals surface area (Å²) in [5, 5.41) is 0. The van der Waals surface area contributed by atoms with Crippen LogP contribution in [0.4, 0.5) is 5.69 Å². The second-order valence-electron chi connectivity index (χ2n) is 11.8. The molecule has 0 amide bonds. The highest BCUT2D eigenvalue weighted by molar-refractivity contribution is 5.58. The van der Waals surface area contributed by atoms with E-state index in [-0.39, 0.29) is 5.41 Å². The van der Waals surface area contributed by atoms with E-state index in [9.17, 15) is 0 Å². The maximum absolute atomic E-state index is 5.73. The van der Waals surface area contributed by atoms with Crippen LogP contribution in [0, 0.1) is 0 Å². The van der Waals surface area contributed by atoms with E-state index in [4.69, 9.17) is 9.47 Å². The summed E-state index contributed by atoms with van der Waals surface area (Å²) in [5.41, 5.74) is 5.70. The van der Waals surface area contributed by atoms with Crippen LogP contribution in [0.15, 0.2) is 36.4 Å². The van der Waals surface area contributed by atoms with Crippen LogP contribution in [0.3, 0.4) is 0 Å². The molecule has 0 saturated heterocycles. The Bertz CT molecular complexity index is 928. The molecular weight excluding hydrogens is 442 g/mol. The molecule has 3 rings (SSSR count). The SMILES string of the molecule is CCCCCCCCCCCC1c2cc(OC)c(OC)cc2CC(C)N1c1ccc(C(C)(C)C)cc1. The first-order valence-electron chi connectivity index (χ1n) is 14.4. The number of anilines is 1. The molecule has 200 valence electrons. The van der Waals surface area contributed by atoms with Gasteiger partial charge in [0.1, 0.15) is 0 Å². The molecule has 0 aromatic heterocycles. The number of nitrogens with zero attached hydrogens (tertiary/aromatic N) is 1. The normalized spacial score (nSPS) is 17.7. The Morgan fingerprint density at radius 3 is 1.92 bits per heavy atom. The molecule has 0 spiro atoms.